The van der Waals surface area contributed by atoms with Crippen LogP contribution in [0.3, 0.4) is 0 Å². The van der Waals surface area contributed by atoms with Gasteiger partial charge in [-0.3, -0.25) is 4.79 Å². The molecule has 1 fully saturated rings. The molecule has 0 radical (unpaired) electrons. The van der Waals surface area contributed by atoms with Crippen molar-refractivity contribution in [1.29, 1.82) is 0 Å². The van der Waals surface area contributed by atoms with Crippen LogP contribution in [0.25, 0.3) is 10.9 Å². The minimum atomic E-state index is -4.13. The van der Waals surface area contributed by atoms with Crippen LogP contribution in [0.2, 0.25) is 10.0 Å². The van der Waals surface area contributed by atoms with Gasteiger partial charge in [0.05, 0.1) is 11.2 Å². The molecule has 1 saturated heterocycles. The van der Waals surface area contributed by atoms with E-state index < -0.39 is 16.1 Å². The van der Waals surface area contributed by atoms with Crippen molar-refractivity contribution >= 4 is 56.2 Å². The maximum Gasteiger partial charge on any atom is 0.245 e. The molecule has 1 aliphatic rings. The maximum atomic E-state index is 13.9. The van der Waals surface area contributed by atoms with Crippen LogP contribution in [0.15, 0.2) is 70.7 Å². The molecule has 4 aromatic rings. The first-order valence-electron chi connectivity index (χ1n) is 14.2. The van der Waals surface area contributed by atoms with E-state index in [1.54, 1.807) is 12.3 Å². The van der Waals surface area contributed by atoms with Crippen molar-refractivity contribution in [2.75, 3.05) is 13.1 Å². The van der Waals surface area contributed by atoms with Crippen molar-refractivity contribution in [3.8, 4) is 5.75 Å². The first kappa shape index (κ1) is 31.7. The van der Waals surface area contributed by atoms with Crippen molar-refractivity contribution in [1.82, 2.24) is 14.6 Å². The number of nitrogens with two attached hydrogens (primary N) is 1. The molecule has 9 nitrogen and oxygen atoms in total. The van der Waals surface area contributed by atoms with E-state index in [0.29, 0.717) is 42.6 Å². The predicted octanol–water partition coefficient (Wildman–Crippen LogP) is 5.54. The topological polar surface area (TPSA) is 127 Å². The molecule has 2 heterocycles. The standard InChI is InChI=1S/C32H33Cl2N5O4S/c1-20-17-21(2)38-31-24(20)5-3-7-28(31)43-19-25-26(33)12-13-29(30(25)34)44(41,42)39-16-4-6-27(39)32(40)36-15-14-22-8-10-23(11-9-22)18-37-35/h3,5,7-13,17-18,27H,4,6,14-16,19,35H2,1-2H3,(H,36,40)/t27-/m0/s1. The second-order valence-corrected chi connectivity index (χ2v) is 13.3. The monoisotopic (exact) mass is 653 g/mol. The number of amides is 1. The van der Waals surface area contributed by atoms with Crippen LogP contribution >= 0.6 is 23.2 Å². The minimum absolute atomic E-state index is 0.0350. The molecule has 0 spiro atoms. The second kappa shape index (κ2) is 13.5. The number of pyridine rings is 1. The van der Waals surface area contributed by atoms with Gasteiger partial charge < -0.3 is 15.9 Å². The highest BCUT2D eigenvalue weighted by Crippen LogP contribution is 2.36. The third-order valence-electron chi connectivity index (χ3n) is 7.67. The van der Waals surface area contributed by atoms with E-state index in [4.69, 9.17) is 33.8 Å². The zero-order valence-corrected chi connectivity index (χ0v) is 26.7. The third kappa shape index (κ3) is 6.68. The number of sulfonamides is 1. The van der Waals surface area contributed by atoms with Crippen LogP contribution in [0, 0.1) is 13.8 Å². The molecule has 3 N–H and O–H groups in total. The summed E-state index contributed by atoms with van der Waals surface area (Å²) < 4.78 is 35.1. The zero-order valence-electron chi connectivity index (χ0n) is 24.4. The van der Waals surface area contributed by atoms with Crippen molar-refractivity contribution in [3.05, 3.63) is 98.7 Å². The zero-order chi connectivity index (χ0) is 31.4. The molecule has 0 aliphatic carbocycles. The Bertz CT molecular complexity index is 1830. The molecule has 1 atom stereocenters. The Hall–Kier alpha value is -3.70. The first-order valence-corrected chi connectivity index (χ1v) is 16.4. The quantitative estimate of drug-likeness (QED) is 0.131. The van der Waals surface area contributed by atoms with E-state index >= 15 is 0 Å². The Kier molecular flexibility index (Phi) is 9.75. The molecule has 0 bridgehead atoms. The molecule has 5 rings (SSSR count). The van der Waals surface area contributed by atoms with Crippen molar-refractivity contribution in [3.63, 3.8) is 0 Å². The highest BCUT2D eigenvalue weighted by molar-refractivity contribution is 7.89. The van der Waals surface area contributed by atoms with Gasteiger partial charge in [0.2, 0.25) is 15.9 Å². The van der Waals surface area contributed by atoms with Crippen LogP contribution in [0.1, 0.15) is 40.8 Å². The van der Waals surface area contributed by atoms with Crippen LogP contribution in [-0.4, -0.2) is 49.0 Å². The Morgan fingerprint density at radius 3 is 2.68 bits per heavy atom. The lowest BCUT2D eigenvalue weighted by Gasteiger charge is -2.24. The summed E-state index contributed by atoms with van der Waals surface area (Å²) in [6.45, 7) is 4.41. The summed E-state index contributed by atoms with van der Waals surface area (Å²) in [5.41, 5.74) is 4.84. The van der Waals surface area contributed by atoms with Gasteiger partial charge in [-0.1, -0.05) is 59.6 Å². The SMILES string of the molecule is Cc1cc(C)c2cccc(OCc3c(Cl)ccc(S(=O)(=O)N4CCC[C@H]4C(=O)NCCc4ccc(C=NN)cc4)c3Cl)c2n1. The third-order valence-corrected chi connectivity index (χ3v) is 10.5. The van der Waals surface area contributed by atoms with Gasteiger partial charge in [0.1, 0.15) is 28.8 Å². The lowest BCUT2D eigenvalue weighted by molar-refractivity contribution is -0.124. The summed E-state index contributed by atoms with van der Waals surface area (Å²) in [6, 6.07) is 17.3. The first-order chi connectivity index (χ1) is 21.1. The minimum Gasteiger partial charge on any atom is -0.487 e. The van der Waals surface area contributed by atoms with Gasteiger partial charge in [0, 0.05) is 34.8 Å². The number of para-hydroxylation sites is 1. The Morgan fingerprint density at radius 1 is 1.16 bits per heavy atom. The van der Waals surface area contributed by atoms with E-state index in [0.717, 1.165) is 27.8 Å². The van der Waals surface area contributed by atoms with Gasteiger partial charge in [0.15, 0.2) is 0 Å². The second-order valence-electron chi connectivity index (χ2n) is 10.7. The van der Waals surface area contributed by atoms with Crippen molar-refractivity contribution in [2.45, 2.75) is 50.7 Å². The van der Waals surface area contributed by atoms with Gasteiger partial charge in [-0.15, -0.1) is 0 Å². The van der Waals surface area contributed by atoms with Crippen LogP contribution in [0.5, 0.6) is 5.75 Å². The van der Waals surface area contributed by atoms with Crippen LogP contribution < -0.4 is 15.9 Å². The van der Waals surface area contributed by atoms with E-state index in [-0.39, 0.29) is 34.0 Å². The number of hydrogen-bond donors (Lipinski definition) is 2. The summed E-state index contributed by atoms with van der Waals surface area (Å²) in [6.07, 6.45) is 3.10. The van der Waals surface area contributed by atoms with Crippen molar-refractivity contribution < 1.29 is 17.9 Å². The summed E-state index contributed by atoms with van der Waals surface area (Å²) in [5, 5.41) is 7.59. The summed E-state index contributed by atoms with van der Waals surface area (Å²) >= 11 is 13.2. The number of rotatable bonds is 10. The lowest BCUT2D eigenvalue weighted by atomic mass is 10.1. The summed E-state index contributed by atoms with van der Waals surface area (Å²) in [4.78, 5) is 17.7. The number of nitrogens with zero attached hydrogens (tertiary/aromatic N) is 3. The number of fused-ring (bicyclic) bond motifs is 1. The fourth-order valence-corrected chi connectivity index (χ4v) is 7.97. The number of hydrogen-bond acceptors (Lipinski definition) is 7. The van der Waals surface area contributed by atoms with E-state index in [1.807, 2.05) is 56.3 Å². The number of nitrogens with one attached hydrogen (secondary N) is 1. The molecule has 230 valence electrons. The molecule has 0 saturated carbocycles. The number of aromatic nitrogens is 1. The molecule has 44 heavy (non-hydrogen) atoms. The predicted molar refractivity (Wildman–Crippen MR) is 174 cm³/mol. The molecule has 1 aliphatic heterocycles. The fourth-order valence-electron chi connectivity index (χ4n) is 5.45. The Labute approximate surface area is 267 Å². The molecule has 0 unspecified atom stereocenters. The number of hydrazone groups is 1. The maximum absolute atomic E-state index is 13.9. The van der Waals surface area contributed by atoms with Crippen LogP contribution in [-0.2, 0) is 27.8 Å². The normalized spacial score (nSPS) is 15.7. The number of carbonyl (C=O) groups excluding carboxylic acids is 1. The molecular formula is C32H33Cl2N5O4S. The van der Waals surface area contributed by atoms with Crippen LogP contribution in [0.4, 0.5) is 0 Å². The lowest BCUT2D eigenvalue weighted by Crippen LogP contribution is -2.46. The molecule has 1 amide bonds. The number of halogens is 2. The number of aryl methyl sites for hydroxylation is 2. The van der Waals surface area contributed by atoms with E-state index in [2.05, 4.69) is 15.4 Å². The van der Waals surface area contributed by atoms with Gasteiger partial charge in [-0.25, -0.2) is 13.4 Å². The number of benzene rings is 3. The summed E-state index contributed by atoms with van der Waals surface area (Å²) in [5.74, 6) is 5.37. The molecule has 3 aromatic carbocycles. The van der Waals surface area contributed by atoms with Gasteiger partial charge >= 0.3 is 0 Å². The number of carbonyl (C=O) groups is 1. The van der Waals surface area contributed by atoms with E-state index in [1.165, 1.54) is 16.4 Å². The summed E-state index contributed by atoms with van der Waals surface area (Å²) in [7, 11) is -4.13. The van der Waals surface area contributed by atoms with Gasteiger partial charge in [0.25, 0.3) is 0 Å². The highest BCUT2D eigenvalue weighted by atomic mass is 35.5. The van der Waals surface area contributed by atoms with Gasteiger partial charge in [-0.05, 0) is 74.1 Å². The van der Waals surface area contributed by atoms with Crippen molar-refractivity contribution in [2.24, 2.45) is 10.9 Å². The largest absolute Gasteiger partial charge is 0.487 e. The Morgan fingerprint density at radius 2 is 1.93 bits per heavy atom. The molecule has 12 heteroatoms. The van der Waals surface area contributed by atoms with E-state index in [9.17, 15) is 13.2 Å². The molecule has 1 aromatic heterocycles. The average Bonchev–Trinajstić information content (AvgIpc) is 3.50. The average molecular weight is 655 g/mol. The Balaban J connectivity index is 1.31. The van der Waals surface area contributed by atoms with Gasteiger partial charge in [-0.2, -0.15) is 9.41 Å². The number of ether oxygens (including phenoxy) is 1. The smallest absolute Gasteiger partial charge is 0.245 e. The molecular weight excluding hydrogens is 621 g/mol. The highest BCUT2D eigenvalue weighted by Gasteiger charge is 2.40. The fraction of sp³-hybridized carbons (Fsp3) is 0.281.